The molecule has 0 saturated carbocycles. The number of benzene rings is 2. The first-order valence-corrected chi connectivity index (χ1v) is 13.9. The fraction of sp³-hybridized carbons (Fsp3) is 0.543. The molecule has 0 bridgehead atoms. The maximum absolute atomic E-state index is 2.64. The number of rotatable bonds is 2. The van der Waals surface area contributed by atoms with Crippen molar-refractivity contribution in [3.8, 4) is 11.1 Å². The van der Waals surface area contributed by atoms with Gasteiger partial charge in [0.25, 0.3) is 0 Å². The second kappa shape index (κ2) is 7.71. The van der Waals surface area contributed by atoms with Crippen LogP contribution in [0.15, 0.2) is 59.2 Å². The molecule has 0 N–H and O–H groups in total. The molecule has 5 rings (SSSR count). The van der Waals surface area contributed by atoms with Crippen LogP contribution in [0.4, 0.5) is 0 Å². The minimum atomic E-state index is 0.149. The van der Waals surface area contributed by atoms with Crippen molar-refractivity contribution < 1.29 is 0 Å². The van der Waals surface area contributed by atoms with Crippen LogP contribution < -0.4 is 0 Å². The molecule has 3 aliphatic rings. The first kappa shape index (κ1) is 24.6. The Kier molecular flexibility index (Phi) is 5.42. The van der Waals surface area contributed by atoms with Gasteiger partial charge >= 0.3 is 0 Å². The van der Waals surface area contributed by atoms with Crippen LogP contribution in [0.1, 0.15) is 123 Å². The van der Waals surface area contributed by atoms with E-state index in [9.17, 15) is 0 Å². The van der Waals surface area contributed by atoms with E-state index < -0.39 is 0 Å². The van der Waals surface area contributed by atoms with Crippen LogP contribution in [-0.4, -0.2) is 0 Å². The fourth-order valence-electron chi connectivity index (χ4n) is 7.01. The molecule has 0 saturated heterocycles. The van der Waals surface area contributed by atoms with Gasteiger partial charge in [0, 0.05) is 11.3 Å². The SMILES string of the molecule is CCC1(C2c3ccc(C(C)(C)C)cc3-c3cc(C(C)(C)C)ccc32)CCC2=C1C=C(C(C)(C)C)C2. The zero-order valence-corrected chi connectivity index (χ0v) is 23.9. The molecule has 0 aliphatic heterocycles. The van der Waals surface area contributed by atoms with Crippen molar-refractivity contribution in [1.82, 2.24) is 0 Å². The number of allylic oxidation sites excluding steroid dienone is 4. The highest BCUT2D eigenvalue weighted by atomic mass is 14.5. The van der Waals surface area contributed by atoms with E-state index in [1.54, 1.807) is 27.8 Å². The predicted molar refractivity (Wildman–Crippen MR) is 152 cm³/mol. The van der Waals surface area contributed by atoms with Gasteiger partial charge in [0.15, 0.2) is 0 Å². The lowest BCUT2D eigenvalue weighted by atomic mass is 9.64. The zero-order valence-electron chi connectivity index (χ0n) is 23.9. The van der Waals surface area contributed by atoms with Crippen molar-refractivity contribution in [1.29, 1.82) is 0 Å². The van der Waals surface area contributed by atoms with E-state index in [1.807, 2.05) is 0 Å². The molecule has 1 unspecified atom stereocenters. The van der Waals surface area contributed by atoms with Gasteiger partial charge in [-0.1, -0.05) is 123 Å². The largest absolute Gasteiger partial charge is 0.0645 e. The molecule has 35 heavy (non-hydrogen) atoms. The van der Waals surface area contributed by atoms with Crippen LogP contribution in [0.5, 0.6) is 0 Å². The average Bonchev–Trinajstić information content (AvgIpc) is 3.42. The Bertz CT molecular complexity index is 1180. The Morgan fingerprint density at radius 2 is 1.26 bits per heavy atom. The summed E-state index contributed by atoms with van der Waals surface area (Å²) in [7, 11) is 0. The Morgan fingerprint density at radius 1 is 0.743 bits per heavy atom. The Balaban J connectivity index is 1.74. The average molecular weight is 467 g/mol. The summed E-state index contributed by atoms with van der Waals surface area (Å²) in [5.74, 6) is 0.448. The number of hydrogen-bond donors (Lipinski definition) is 0. The quantitative estimate of drug-likeness (QED) is 0.413. The van der Waals surface area contributed by atoms with Gasteiger partial charge in [0.05, 0.1) is 0 Å². The molecule has 0 fully saturated rings. The van der Waals surface area contributed by atoms with Gasteiger partial charge in [-0.05, 0) is 80.9 Å². The molecule has 1 atom stereocenters. The molecule has 0 heteroatoms. The van der Waals surface area contributed by atoms with Crippen molar-refractivity contribution in [2.45, 2.75) is 112 Å². The van der Waals surface area contributed by atoms with Crippen molar-refractivity contribution in [3.05, 3.63) is 81.4 Å². The maximum atomic E-state index is 2.64. The lowest BCUT2D eigenvalue weighted by Crippen LogP contribution is -2.28. The standard InChI is InChI=1S/C35H46/c1-11-35(17-16-22-18-25(21-30(22)35)34(8,9)10)31-26-14-12-23(32(2,3)4)19-28(26)29-20-24(33(5,6)7)13-15-27(29)31/h12-15,19-21,31H,11,16-18H2,1-10H3. The van der Waals surface area contributed by atoms with E-state index in [4.69, 9.17) is 0 Å². The molecule has 0 aromatic heterocycles. The Labute approximate surface area is 214 Å². The maximum Gasteiger partial charge on any atom is 0.0199 e. The summed E-state index contributed by atoms with van der Waals surface area (Å²) < 4.78 is 0. The lowest BCUT2D eigenvalue weighted by Gasteiger charge is -2.38. The molecular formula is C35H46. The molecule has 0 heterocycles. The van der Waals surface area contributed by atoms with Crippen molar-refractivity contribution in [2.75, 3.05) is 0 Å². The van der Waals surface area contributed by atoms with E-state index in [2.05, 4.69) is 112 Å². The molecule has 0 nitrogen and oxygen atoms in total. The van der Waals surface area contributed by atoms with Crippen molar-refractivity contribution in [3.63, 3.8) is 0 Å². The minimum absolute atomic E-state index is 0.149. The number of fused-ring (bicyclic) bond motifs is 3. The van der Waals surface area contributed by atoms with Crippen LogP contribution >= 0.6 is 0 Å². The van der Waals surface area contributed by atoms with E-state index >= 15 is 0 Å². The van der Waals surface area contributed by atoms with Gasteiger partial charge in [-0.3, -0.25) is 0 Å². The Hall–Kier alpha value is -2.08. The fourth-order valence-corrected chi connectivity index (χ4v) is 7.01. The van der Waals surface area contributed by atoms with E-state index in [0.717, 1.165) is 0 Å². The van der Waals surface area contributed by atoms with Gasteiger partial charge in [0.2, 0.25) is 0 Å². The van der Waals surface area contributed by atoms with Crippen LogP contribution in [0, 0.1) is 10.8 Å². The van der Waals surface area contributed by atoms with Crippen LogP contribution in [0.2, 0.25) is 0 Å². The third-order valence-corrected chi connectivity index (χ3v) is 9.41. The van der Waals surface area contributed by atoms with Crippen LogP contribution in [0.3, 0.4) is 0 Å². The Morgan fingerprint density at radius 3 is 1.69 bits per heavy atom. The molecule has 0 amide bonds. The molecule has 3 aliphatic carbocycles. The van der Waals surface area contributed by atoms with Gasteiger partial charge < -0.3 is 0 Å². The predicted octanol–water partition coefficient (Wildman–Crippen LogP) is 10.3. The summed E-state index contributed by atoms with van der Waals surface area (Å²) in [5, 5.41) is 0. The third-order valence-electron chi connectivity index (χ3n) is 9.41. The molecule has 2 aromatic carbocycles. The highest BCUT2D eigenvalue weighted by Crippen LogP contribution is 2.65. The minimum Gasteiger partial charge on any atom is -0.0645 e. The summed E-state index contributed by atoms with van der Waals surface area (Å²) in [5.41, 5.74) is 14.8. The molecule has 0 spiro atoms. The second-order valence-corrected chi connectivity index (χ2v) is 14.7. The summed E-state index contributed by atoms with van der Waals surface area (Å²) in [6, 6.07) is 14.9. The van der Waals surface area contributed by atoms with Gasteiger partial charge in [-0.25, -0.2) is 0 Å². The second-order valence-electron chi connectivity index (χ2n) is 14.7. The van der Waals surface area contributed by atoms with Crippen LogP contribution in [-0.2, 0) is 10.8 Å². The van der Waals surface area contributed by atoms with Crippen molar-refractivity contribution in [2.24, 2.45) is 10.8 Å². The highest BCUT2D eigenvalue weighted by Gasteiger charge is 2.51. The normalized spacial score (nSPS) is 22.4. The van der Waals surface area contributed by atoms with Gasteiger partial charge in [-0.2, -0.15) is 0 Å². The summed E-state index contributed by atoms with van der Waals surface area (Å²) in [4.78, 5) is 0. The lowest BCUT2D eigenvalue weighted by molar-refractivity contribution is 0.303. The first-order chi connectivity index (χ1) is 16.2. The van der Waals surface area contributed by atoms with Crippen LogP contribution in [0.25, 0.3) is 11.1 Å². The topological polar surface area (TPSA) is 0 Å². The monoisotopic (exact) mass is 466 g/mol. The summed E-state index contributed by atoms with van der Waals surface area (Å²) >= 11 is 0. The smallest absolute Gasteiger partial charge is 0.0199 e. The zero-order chi connectivity index (χ0) is 25.6. The molecule has 0 radical (unpaired) electrons. The molecular weight excluding hydrogens is 420 g/mol. The van der Waals surface area contributed by atoms with E-state index in [-0.39, 0.29) is 21.7 Å². The number of hydrogen-bond acceptors (Lipinski definition) is 0. The highest BCUT2D eigenvalue weighted by molar-refractivity contribution is 5.81. The van der Waals surface area contributed by atoms with Crippen molar-refractivity contribution >= 4 is 0 Å². The third kappa shape index (κ3) is 3.78. The first-order valence-electron chi connectivity index (χ1n) is 13.9. The van der Waals surface area contributed by atoms with Gasteiger partial charge in [-0.15, -0.1) is 0 Å². The van der Waals surface area contributed by atoms with E-state index in [1.165, 1.54) is 47.9 Å². The molecule has 186 valence electrons. The molecule has 2 aromatic rings. The summed E-state index contributed by atoms with van der Waals surface area (Å²) in [6.45, 7) is 23.6. The summed E-state index contributed by atoms with van der Waals surface area (Å²) in [6.07, 6.45) is 7.58. The van der Waals surface area contributed by atoms with Gasteiger partial charge in [0.1, 0.15) is 0 Å². The van der Waals surface area contributed by atoms with E-state index in [0.29, 0.717) is 5.92 Å².